The number of carboxylic acids is 1. The van der Waals surface area contributed by atoms with Gasteiger partial charge in [-0.3, -0.25) is 14.4 Å². The average molecular weight is 326 g/mol. The number of nitrogens with zero attached hydrogens (tertiary/aromatic N) is 1. The lowest BCUT2D eigenvalue weighted by Crippen LogP contribution is -2.48. The number of amides is 2. The normalized spacial score (nSPS) is 16.1. The van der Waals surface area contributed by atoms with Crippen molar-refractivity contribution in [2.45, 2.75) is 77.2 Å². The number of nitrogens with one attached hydrogen (secondary N) is 1. The molecule has 0 spiro atoms. The van der Waals surface area contributed by atoms with Gasteiger partial charge in [0.15, 0.2) is 0 Å². The van der Waals surface area contributed by atoms with Gasteiger partial charge in [0.05, 0.1) is 12.0 Å². The van der Waals surface area contributed by atoms with Crippen LogP contribution in [0, 0.1) is 0 Å². The summed E-state index contributed by atoms with van der Waals surface area (Å²) in [6.07, 6.45) is 5.37. The topological polar surface area (TPSA) is 86.7 Å². The zero-order valence-electron chi connectivity index (χ0n) is 14.4. The third-order valence-electron chi connectivity index (χ3n) is 4.36. The van der Waals surface area contributed by atoms with Crippen molar-refractivity contribution in [2.75, 3.05) is 13.1 Å². The molecule has 0 aliphatic heterocycles. The van der Waals surface area contributed by atoms with Crippen molar-refractivity contribution < 1.29 is 19.5 Å². The van der Waals surface area contributed by atoms with Crippen molar-refractivity contribution in [1.82, 2.24) is 10.2 Å². The lowest BCUT2D eigenvalue weighted by molar-refractivity contribution is -0.139. The molecule has 132 valence electrons. The molecule has 0 atom stereocenters. The smallest absolute Gasteiger partial charge is 0.305 e. The van der Waals surface area contributed by atoms with E-state index in [2.05, 4.69) is 5.32 Å². The molecule has 23 heavy (non-hydrogen) atoms. The minimum Gasteiger partial charge on any atom is -0.481 e. The van der Waals surface area contributed by atoms with Crippen LogP contribution in [0.4, 0.5) is 0 Å². The maximum Gasteiger partial charge on any atom is 0.305 e. The number of carbonyl (C=O) groups is 3. The Morgan fingerprint density at radius 2 is 1.61 bits per heavy atom. The van der Waals surface area contributed by atoms with Crippen molar-refractivity contribution in [3.8, 4) is 0 Å². The highest BCUT2D eigenvalue weighted by Gasteiger charge is 2.37. The molecule has 2 amide bonds. The van der Waals surface area contributed by atoms with Crippen LogP contribution in [0.3, 0.4) is 0 Å². The predicted molar refractivity (Wildman–Crippen MR) is 88.0 cm³/mol. The third kappa shape index (κ3) is 6.59. The monoisotopic (exact) mass is 326 g/mol. The van der Waals surface area contributed by atoms with Gasteiger partial charge in [-0.1, -0.05) is 26.7 Å². The minimum atomic E-state index is -0.889. The number of carbonyl (C=O) groups excluding carboxylic acids is 2. The van der Waals surface area contributed by atoms with Crippen molar-refractivity contribution >= 4 is 17.8 Å². The van der Waals surface area contributed by atoms with Crippen LogP contribution >= 0.6 is 0 Å². The van der Waals surface area contributed by atoms with Crippen LogP contribution in [0.15, 0.2) is 0 Å². The SMILES string of the molecule is CCCN(CCC)C(=O)CCC(=O)NC1(CC(=O)O)CCCC1. The van der Waals surface area contributed by atoms with Gasteiger partial charge in [-0.25, -0.2) is 0 Å². The van der Waals surface area contributed by atoms with Crippen LogP contribution in [0.25, 0.3) is 0 Å². The van der Waals surface area contributed by atoms with Crippen LogP contribution in [0.1, 0.15) is 71.6 Å². The first kappa shape index (κ1) is 19.5. The quantitative estimate of drug-likeness (QED) is 0.645. The van der Waals surface area contributed by atoms with Crippen molar-refractivity contribution in [1.29, 1.82) is 0 Å². The van der Waals surface area contributed by atoms with E-state index in [1.165, 1.54) is 0 Å². The summed E-state index contributed by atoms with van der Waals surface area (Å²) < 4.78 is 0. The molecule has 0 aromatic heterocycles. The lowest BCUT2D eigenvalue weighted by Gasteiger charge is -2.29. The number of hydrogen-bond donors (Lipinski definition) is 2. The molecule has 1 rings (SSSR count). The Kier molecular flexibility index (Phi) is 8.06. The van der Waals surface area contributed by atoms with E-state index in [-0.39, 0.29) is 31.1 Å². The van der Waals surface area contributed by atoms with Crippen molar-refractivity contribution in [3.63, 3.8) is 0 Å². The molecule has 1 aliphatic carbocycles. The Morgan fingerprint density at radius 1 is 1.04 bits per heavy atom. The Labute approximate surface area is 138 Å². The molecule has 0 aromatic carbocycles. The summed E-state index contributed by atoms with van der Waals surface area (Å²) in [6.45, 7) is 5.49. The van der Waals surface area contributed by atoms with Gasteiger partial charge in [-0.05, 0) is 25.7 Å². The predicted octanol–water partition coefficient (Wildman–Crippen LogP) is 2.32. The lowest BCUT2D eigenvalue weighted by atomic mass is 9.93. The van der Waals surface area contributed by atoms with Gasteiger partial charge in [-0.2, -0.15) is 0 Å². The van der Waals surface area contributed by atoms with E-state index in [0.717, 1.165) is 38.8 Å². The fraction of sp³-hybridized carbons (Fsp3) is 0.824. The second kappa shape index (κ2) is 9.53. The highest BCUT2D eigenvalue weighted by atomic mass is 16.4. The summed E-state index contributed by atoms with van der Waals surface area (Å²) in [4.78, 5) is 37.2. The molecule has 0 bridgehead atoms. The second-order valence-electron chi connectivity index (χ2n) is 6.49. The summed E-state index contributed by atoms with van der Waals surface area (Å²) in [5.41, 5.74) is -0.613. The number of hydrogen-bond acceptors (Lipinski definition) is 3. The first-order valence-electron chi connectivity index (χ1n) is 8.73. The highest BCUT2D eigenvalue weighted by Crippen LogP contribution is 2.32. The summed E-state index contributed by atoms with van der Waals surface area (Å²) in [6, 6.07) is 0. The van der Waals surface area contributed by atoms with Crippen LogP contribution in [-0.4, -0.2) is 46.4 Å². The van der Waals surface area contributed by atoms with E-state index in [1.54, 1.807) is 4.90 Å². The maximum absolute atomic E-state index is 12.2. The van der Waals surface area contributed by atoms with E-state index in [0.29, 0.717) is 12.8 Å². The molecule has 6 nitrogen and oxygen atoms in total. The molecular weight excluding hydrogens is 296 g/mol. The van der Waals surface area contributed by atoms with Gasteiger partial charge in [0.2, 0.25) is 11.8 Å². The second-order valence-corrected chi connectivity index (χ2v) is 6.49. The standard InChI is InChI=1S/C17H30N2O4/c1-3-11-19(12-4-2)15(21)8-7-14(20)18-17(13-16(22)23)9-5-6-10-17/h3-13H2,1-2H3,(H,18,20)(H,22,23). The van der Waals surface area contributed by atoms with E-state index in [4.69, 9.17) is 5.11 Å². The number of aliphatic carboxylic acids is 1. The van der Waals surface area contributed by atoms with E-state index >= 15 is 0 Å². The molecule has 0 aromatic rings. The fourth-order valence-electron chi connectivity index (χ4n) is 3.33. The Hall–Kier alpha value is -1.59. The zero-order chi connectivity index (χ0) is 17.3. The zero-order valence-corrected chi connectivity index (χ0v) is 14.4. The van der Waals surface area contributed by atoms with Crippen LogP contribution < -0.4 is 5.32 Å². The summed E-state index contributed by atoms with van der Waals surface area (Å²) in [5.74, 6) is -1.10. The molecule has 0 heterocycles. The van der Waals surface area contributed by atoms with Crippen molar-refractivity contribution in [3.05, 3.63) is 0 Å². The largest absolute Gasteiger partial charge is 0.481 e. The molecule has 2 N–H and O–H groups in total. The summed E-state index contributed by atoms with van der Waals surface area (Å²) in [5, 5.41) is 11.9. The minimum absolute atomic E-state index is 0.00237. The Balaban J connectivity index is 2.48. The Bertz CT molecular complexity index is 411. The number of rotatable bonds is 10. The molecule has 0 radical (unpaired) electrons. The molecule has 6 heteroatoms. The van der Waals surface area contributed by atoms with Crippen molar-refractivity contribution in [2.24, 2.45) is 0 Å². The molecule has 1 aliphatic rings. The van der Waals surface area contributed by atoms with Crippen LogP contribution in [0.5, 0.6) is 0 Å². The molecule has 0 unspecified atom stereocenters. The number of carboxylic acid groups (broad SMARTS) is 1. The Morgan fingerprint density at radius 3 is 2.09 bits per heavy atom. The average Bonchev–Trinajstić information content (AvgIpc) is 2.91. The van der Waals surface area contributed by atoms with E-state index in [1.807, 2.05) is 13.8 Å². The van der Waals surface area contributed by atoms with Gasteiger partial charge in [0.1, 0.15) is 0 Å². The molecule has 1 saturated carbocycles. The first-order valence-corrected chi connectivity index (χ1v) is 8.73. The van der Waals surface area contributed by atoms with Gasteiger partial charge in [0, 0.05) is 25.9 Å². The summed E-state index contributed by atoms with van der Waals surface area (Å²) >= 11 is 0. The van der Waals surface area contributed by atoms with Crippen LogP contribution in [0.2, 0.25) is 0 Å². The molecule has 0 saturated heterocycles. The van der Waals surface area contributed by atoms with Crippen LogP contribution in [-0.2, 0) is 14.4 Å². The first-order chi connectivity index (χ1) is 10.9. The van der Waals surface area contributed by atoms with Gasteiger partial charge >= 0.3 is 5.97 Å². The van der Waals surface area contributed by atoms with Gasteiger partial charge in [-0.15, -0.1) is 0 Å². The highest BCUT2D eigenvalue weighted by molar-refractivity contribution is 5.84. The van der Waals surface area contributed by atoms with Gasteiger partial charge < -0.3 is 15.3 Å². The molecule has 1 fully saturated rings. The van der Waals surface area contributed by atoms with E-state index < -0.39 is 11.5 Å². The van der Waals surface area contributed by atoms with Gasteiger partial charge in [0.25, 0.3) is 0 Å². The maximum atomic E-state index is 12.2. The third-order valence-corrected chi connectivity index (χ3v) is 4.36. The summed E-state index contributed by atoms with van der Waals surface area (Å²) in [7, 11) is 0. The fourth-order valence-corrected chi connectivity index (χ4v) is 3.33. The molecular formula is C17H30N2O4. The van der Waals surface area contributed by atoms with E-state index in [9.17, 15) is 14.4 Å².